The molecule has 1 unspecified atom stereocenters. The van der Waals surface area contributed by atoms with Crippen molar-refractivity contribution in [1.29, 1.82) is 5.41 Å². The topological polar surface area (TPSA) is 91.4 Å². The van der Waals surface area contributed by atoms with E-state index in [1.165, 1.54) is 6.07 Å². The highest BCUT2D eigenvalue weighted by atomic mass is 16.5. The third kappa shape index (κ3) is 3.22. The molecule has 5 heteroatoms. The number of rotatable bonds is 3. The van der Waals surface area contributed by atoms with Crippen molar-refractivity contribution in [2.24, 2.45) is 5.73 Å². The van der Waals surface area contributed by atoms with Gasteiger partial charge in [0.25, 0.3) is 0 Å². The van der Waals surface area contributed by atoms with Crippen molar-refractivity contribution < 1.29 is 9.84 Å². The minimum absolute atomic E-state index is 0.137. The van der Waals surface area contributed by atoms with Crippen molar-refractivity contribution in [2.75, 3.05) is 0 Å². The van der Waals surface area contributed by atoms with E-state index in [2.05, 4.69) is 5.32 Å². The molecule has 0 spiro atoms. The third-order valence-corrected chi connectivity index (χ3v) is 1.49. The van der Waals surface area contributed by atoms with Crippen LogP contribution in [0, 0.1) is 5.41 Å². The van der Waals surface area contributed by atoms with Crippen molar-refractivity contribution in [2.45, 2.75) is 13.2 Å². The van der Waals surface area contributed by atoms with Crippen LogP contribution < -0.4 is 15.8 Å². The van der Waals surface area contributed by atoms with Crippen LogP contribution in [-0.2, 0) is 0 Å². The van der Waals surface area contributed by atoms with Crippen molar-refractivity contribution in [3.05, 3.63) is 24.3 Å². The molecule has 0 saturated heterocycles. The first-order valence-corrected chi connectivity index (χ1v) is 4.14. The fourth-order valence-corrected chi connectivity index (χ4v) is 1.01. The second-order valence-corrected chi connectivity index (χ2v) is 2.82. The predicted octanol–water partition coefficient (Wildman–Crippen LogP) is 0.600. The molecule has 0 amide bonds. The number of benzene rings is 1. The maximum absolute atomic E-state index is 9.14. The average molecular weight is 195 g/mol. The standard InChI is InChI=1S/C9H13N3O2/c1-6(12-9(10)11)14-8-4-2-3-7(13)5-8/h2-6,13H,1H3,(H4,10,11,12). The van der Waals surface area contributed by atoms with Gasteiger partial charge in [0, 0.05) is 6.07 Å². The molecule has 1 aromatic carbocycles. The molecule has 14 heavy (non-hydrogen) atoms. The Balaban J connectivity index is 2.55. The summed E-state index contributed by atoms with van der Waals surface area (Å²) in [7, 11) is 0. The van der Waals surface area contributed by atoms with Gasteiger partial charge < -0.3 is 20.9 Å². The van der Waals surface area contributed by atoms with Crippen LogP contribution >= 0.6 is 0 Å². The molecule has 0 saturated carbocycles. The van der Waals surface area contributed by atoms with Gasteiger partial charge in [0.2, 0.25) is 0 Å². The Hall–Kier alpha value is -1.91. The number of phenols is 1. The highest BCUT2D eigenvalue weighted by molar-refractivity contribution is 5.74. The molecule has 0 aromatic heterocycles. The monoisotopic (exact) mass is 195 g/mol. The predicted molar refractivity (Wildman–Crippen MR) is 53.2 cm³/mol. The number of phenolic OH excluding ortho intramolecular Hbond substituents is 1. The molecule has 0 bridgehead atoms. The highest BCUT2D eigenvalue weighted by Gasteiger charge is 2.03. The summed E-state index contributed by atoms with van der Waals surface area (Å²) in [5.41, 5.74) is 5.12. The number of hydrogen-bond donors (Lipinski definition) is 4. The van der Waals surface area contributed by atoms with Crippen LogP contribution in [0.3, 0.4) is 0 Å². The van der Waals surface area contributed by atoms with Crippen molar-refractivity contribution in [3.8, 4) is 11.5 Å². The summed E-state index contributed by atoms with van der Waals surface area (Å²) in [5.74, 6) is 0.501. The van der Waals surface area contributed by atoms with Crippen molar-refractivity contribution >= 4 is 5.96 Å². The van der Waals surface area contributed by atoms with E-state index >= 15 is 0 Å². The van der Waals surface area contributed by atoms with E-state index in [0.717, 1.165) is 0 Å². The Morgan fingerprint density at radius 1 is 1.64 bits per heavy atom. The van der Waals surface area contributed by atoms with E-state index in [4.69, 9.17) is 21.0 Å². The molecule has 1 rings (SSSR count). The Morgan fingerprint density at radius 3 is 2.93 bits per heavy atom. The number of aromatic hydroxyl groups is 1. The van der Waals surface area contributed by atoms with Gasteiger partial charge in [-0.3, -0.25) is 5.41 Å². The van der Waals surface area contributed by atoms with Gasteiger partial charge in [-0.05, 0) is 19.1 Å². The van der Waals surface area contributed by atoms with Gasteiger partial charge in [-0.25, -0.2) is 0 Å². The zero-order chi connectivity index (χ0) is 10.6. The number of ether oxygens (including phenoxy) is 1. The second kappa shape index (κ2) is 4.36. The summed E-state index contributed by atoms with van der Waals surface area (Å²) in [5, 5.41) is 18.7. The third-order valence-electron chi connectivity index (χ3n) is 1.49. The number of nitrogens with two attached hydrogens (primary N) is 1. The Kier molecular flexibility index (Phi) is 3.17. The van der Waals surface area contributed by atoms with E-state index in [9.17, 15) is 0 Å². The molecule has 5 nitrogen and oxygen atoms in total. The summed E-state index contributed by atoms with van der Waals surface area (Å²) in [6.45, 7) is 1.71. The fraction of sp³-hybridized carbons (Fsp3) is 0.222. The lowest BCUT2D eigenvalue weighted by Crippen LogP contribution is -2.40. The Labute approximate surface area is 82.0 Å². The van der Waals surface area contributed by atoms with Crippen LogP contribution in [0.4, 0.5) is 0 Å². The minimum atomic E-state index is -0.408. The van der Waals surface area contributed by atoms with Crippen LogP contribution in [0.15, 0.2) is 24.3 Å². The number of nitrogens with one attached hydrogen (secondary N) is 2. The van der Waals surface area contributed by atoms with Crippen LogP contribution in [0.2, 0.25) is 0 Å². The lowest BCUT2D eigenvalue weighted by Gasteiger charge is -2.15. The van der Waals surface area contributed by atoms with Gasteiger partial charge in [-0.2, -0.15) is 0 Å². The first-order valence-electron chi connectivity index (χ1n) is 4.14. The zero-order valence-corrected chi connectivity index (χ0v) is 7.82. The van der Waals surface area contributed by atoms with Gasteiger partial charge in [0.1, 0.15) is 11.5 Å². The van der Waals surface area contributed by atoms with Crippen LogP contribution in [0.25, 0.3) is 0 Å². The van der Waals surface area contributed by atoms with Crippen LogP contribution in [0.5, 0.6) is 11.5 Å². The van der Waals surface area contributed by atoms with Gasteiger partial charge >= 0.3 is 0 Å². The maximum atomic E-state index is 9.14. The fourth-order valence-electron chi connectivity index (χ4n) is 1.01. The molecule has 1 atom stereocenters. The molecule has 0 aliphatic heterocycles. The molecule has 0 fully saturated rings. The first kappa shape index (κ1) is 10.2. The minimum Gasteiger partial charge on any atom is -0.508 e. The van der Waals surface area contributed by atoms with Crippen molar-refractivity contribution in [3.63, 3.8) is 0 Å². The highest BCUT2D eigenvalue weighted by Crippen LogP contribution is 2.18. The zero-order valence-electron chi connectivity index (χ0n) is 7.82. The quantitative estimate of drug-likeness (QED) is 0.323. The van der Waals surface area contributed by atoms with E-state index in [1.807, 2.05) is 0 Å². The molecule has 0 aliphatic rings. The van der Waals surface area contributed by atoms with Gasteiger partial charge in [-0.15, -0.1) is 0 Å². The molecular formula is C9H13N3O2. The molecule has 0 aliphatic carbocycles. The molecule has 1 aromatic rings. The van der Waals surface area contributed by atoms with Gasteiger partial charge in [-0.1, -0.05) is 6.07 Å². The second-order valence-electron chi connectivity index (χ2n) is 2.82. The summed E-state index contributed by atoms with van der Waals surface area (Å²) in [6.07, 6.45) is -0.408. The summed E-state index contributed by atoms with van der Waals surface area (Å²) in [4.78, 5) is 0. The molecule has 0 radical (unpaired) electrons. The number of hydrogen-bond acceptors (Lipinski definition) is 3. The average Bonchev–Trinajstić information content (AvgIpc) is 2.01. The van der Waals surface area contributed by atoms with E-state index < -0.39 is 6.23 Å². The molecular weight excluding hydrogens is 182 g/mol. The van der Waals surface area contributed by atoms with E-state index in [1.54, 1.807) is 25.1 Å². The SMILES string of the molecule is CC(NC(=N)N)Oc1cccc(O)c1. The van der Waals surface area contributed by atoms with Crippen LogP contribution in [0.1, 0.15) is 6.92 Å². The normalized spacial score (nSPS) is 11.8. The van der Waals surface area contributed by atoms with Gasteiger partial charge in [0.05, 0.1) is 0 Å². The van der Waals surface area contributed by atoms with Gasteiger partial charge in [0.15, 0.2) is 12.2 Å². The Bertz CT molecular complexity index is 328. The maximum Gasteiger partial charge on any atom is 0.188 e. The molecule has 0 heterocycles. The van der Waals surface area contributed by atoms with E-state index in [-0.39, 0.29) is 11.7 Å². The summed E-state index contributed by atoms with van der Waals surface area (Å²) < 4.78 is 5.31. The lowest BCUT2D eigenvalue weighted by molar-refractivity contribution is 0.206. The Morgan fingerprint density at radius 2 is 2.36 bits per heavy atom. The van der Waals surface area contributed by atoms with Crippen LogP contribution in [-0.4, -0.2) is 17.3 Å². The molecule has 76 valence electrons. The summed E-state index contributed by atoms with van der Waals surface area (Å²) in [6, 6.07) is 6.41. The smallest absolute Gasteiger partial charge is 0.188 e. The molecule has 5 N–H and O–H groups in total. The van der Waals surface area contributed by atoms with E-state index in [0.29, 0.717) is 5.75 Å². The lowest BCUT2D eigenvalue weighted by atomic mass is 10.3. The number of guanidine groups is 1. The summed E-state index contributed by atoms with van der Waals surface area (Å²) >= 11 is 0. The largest absolute Gasteiger partial charge is 0.508 e. The van der Waals surface area contributed by atoms with Crippen molar-refractivity contribution in [1.82, 2.24) is 5.32 Å². The first-order chi connectivity index (χ1) is 6.58.